The second kappa shape index (κ2) is 5.87. The van der Waals surface area contributed by atoms with Crippen LogP contribution in [-0.4, -0.2) is 28.5 Å². The van der Waals surface area contributed by atoms with Crippen LogP contribution in [0.3, 0.4) is 0 Å². The van der Waals surface area contributed by atoms with E-state index in [-0.39, 0.29) is 0 Å². The molecule has 0 amide bonds. The molecular weight excluding hydrogens is 325 g/mol. The van der Waals surface area contributed by atoms with Gasteiger partial charge in [0.15, 0.2) is 0 Å². The first-order valence-corrected chi connectivity index (χ1v) is 8.13. The van der Waals surface area contributed by atoms with Crippen molar-refractivity contribution in [3.05, 3.63) is 51.2 Å². The van der Waals surface area contributed by atoms with Crippen molar-refractivity contribution in [2.45, 2.75) is 13.5 Å². The molecule has 0 aromatic carbocycles. The molecule has 3 nitrogen and oxygen atoms in total. The first-order chi connectivity index (χ1) is 10.0. The van der Waals surface area contributed by atoms with Crippen LogP contribution < -0.4 is 0 Å². The van der Waals surface area contributed by atoms with Gasteiger partial charge < -0.3 is 9.80 Å². The molecule has 1 aliphatic heterocycles. The minimum absolute atomic E-state index is 0.668. The zero-order valence-electron chi connectivity index (χ0n) is 11.8. The molecule has 0 aliphatic carbocycles. The fraction of sp³-hybridized carbons (Fsp3) is 0.267. The van der Waals surface area contributed by atoms with Gasteiger partial charge in [0.2, 0.25) is 0 Å². The SMILES string of the molecule is Cc1cc(-c2ncc(CN3C=CN(C)C3)cc2Cl)sc1Cl. The number of nitrogens with zero attached hydrogens (tertiary/aromatic N) is 3. The summed E-state index contributed by atoms with van der Waals surface area (Å²) in [7, 11) is 2.05. The predicted octanol–water partition coefficient (Wildman–Crippen LogP) is 4.60. The highest BCUT2D eigenvalue weighted by atomic mass is 35.5. The molecule has 2 aromatic rings. The van der Waals surface area contributed by atoms with Crippen molar-refractivity contribution in [1.82, 2.24) is 14.8 Å². The number of halogens is 2. The molecule has 3 heterocycles. The standard InChI is InChI=1S/C15H15Cl2N3S/c1-10-5-13(21-15(10)17)14-12(16)6-11(7-18-14)8-20-4-3-19(2)9-20/h3-7H,8-9H2,1-2H3. The maximum atomic E-state index is 6.39. The van der Waals surface area contributed by atoms with E-state index in [1.54, 1.807) is 0 Å². The molecule has 2 aromatic heterocycles. The molecule has 0 spiro atoms. The van der Waals surface area contributed by atoms with Crippen molar-refractivity contribution in [1.29, 1.82) is 0 Å². The fourth-order valence-electron chi connectivity index (χ4n) is 2.25. The summed E-state index contributed by atoms with van der Waals surface area (Å²) in [5.41, 5.74) is 2.96. The summed E-state index contributed by atoms with van der Waals surface area (Å²) >= 11 is 14.0. The Balaban J connectivity index is 1.81. The number of aryl methyl sites for hydroxylation is 1. The van der Waals surface area contributed by atoms with E-state index in [4.69, 9.17) is 23.2 Å². The summed E-state index contributed by atoms with van der Waals surface area (Å²) in [4.78, 5) is 9.86. The fourth-order valence-corrected chi connectivity index (χ4v) is 3.81. The van der Waals surface area contributed by atoms with Crippen LogP contribution in [0.1, 0.15) is 11.1 Å². The Kier molecular flexibility index (Phi) is 4.11. The third-order valence-corrected chi connectivity index (χ3v) is 5.16. The van der Waals surface area contributed by atoms with Crippen LogP contribution in [0.2, 0.25) is 9.36 Å². The Morgan fingerprint density at radius 3 is 2.67 bits per heavy atom. The summed E-state index contributed by atoms with van der Waals surface area (Å²) < 4.78 is 0.789. The second-order valence-electron chi connectivity index (χ2n) is 5.18. The molecule has 0 saturated carbocycles. The Morgan fingerprint density at radius 1 is 1.29 bits per heavy atom. The molecule has 3 rings (SSSR count). The average molecular weight is 340 g/mol. The van der Waals surface area contributed by atoms with Crippen molar-refractivity contribution in [3.8, 4) is 10.6 Å². The largest absolute Gasteiger partial charge is 0.362 e. The first-order valence-electron chi connectivity index (χ1n) is 6.56. The molecule has 0 unspecified atom stereocenters. The smallest absolute Gasteiger partial charge is 0.0988 e. The van der Waals surface area contributed by atoms with E-state index >= 15 is 0 Å². The molecule has 0 atom stereocenters. The van der Waals surface area contributed by atoms with E-state index in [1.807, 2.05) is 32.3 Å². The van der Waals surface area contributed by atoms with Crippen LogP contribution in [0, 0.1) is 6.92 Å². The van der Waals surface area contributed by atoms with E-state index in [0.29, 0.717) is 5.02 Å². The summed E-state index contributed by atoms with van der Waals surface area (Å²) in [6, 6.07) is 4.01. The van der Waals surface area contributed by atoms with Crippen LogP contribution in [0.25, 0.3) is 10.6 Å². The van der Waals surface area contributed by atoms with E-state index in [2.05, 4.69) is 27.2 Å². The van der Waals surface area contributed by atoms with Gasteiger partial charge in [-0.25, -0.2) is 0 Å². The van der Waals surface area contributed by atoms with Gasteiger partial charge in [0.25, 0.3) is 0 Å². The van der Waals surface area contributed by atoms with Crippen LogP contribution in [0.5, 0.6) is 0 Å². The third-order valence-electron chi connectivity index (χ3n) is 3.31. The molecule has 0 fully saturated rings. The molecule has 0 radical (unpaired) electrons. The van der Waals surface area contributed by atoms with Crippen molar-refractivity contribution >= 4 is 34.5 Å². The number of hydrogen-bond acceptors (Lipinski definition) is 4. The maximum Gasteiger partial charge on any atom is 0.0988 e. The lowest BCUT2D eigenvalue weighted by atomic mass is 10.2. The minimum Gasteiger partial charge on any atom is -0.362 e. The van der Waals surface area contributed by atoms with E-state index < -0.39 is 0 Å². The summed E-state index contributed by atoms with van der Waals surface area (Å²) in [5.74, 6) is 0. The lowest BCUT2D eigenvalue weighted by molar-refractivity contribution is 0.290. The Bertz CT molecular complexity index is 677. The highest BCUT2D eigenvalue weighted by Crippen LogP contribution is 2.36. The maximum absolute atomic E-state index is 6.39. The Labute approximate surface area is 138 Å². The average Bonchev–Trinajstić information content (AvgIpc) is 2.97. The molecule has 0 saturated heterocycles. The zero-order valence-corrected chi connectivity index (χ0v) is 14.1. The number of rotatable bonds is 3. The number of pyridine rings is 1. The van der Waals surface area contributed by atoms with Gasteiger partial charge in [0.1, 0.15) is 0 Å². The van der Waals surface area contributed by atoms with Crippen molar-refractivity contribution in [2.24, 2.45) is 0 Å². The molecule has 0 bridgehead atoms. The van der Waals surface area contributed by atoms with Gasteiger partial charge in [-0.3, -0.25) is 4.98 Å². The van der Waals surface area contributed by atoms with Gasteiger partial charge in [-0.15, -0.1) is 11.3 Å². The van der Waals surface area contributed by atoms with Crippen LogP contribution in [0.4, 0.5) is 0 Å². The van der Waals surface area contributed by atoms with Gasteiger partial charge in [-0.2, -0.15) is 0 Å². The normalized spacial score (nSPS) is 14.3. The van der Waals surface area contributed by atoms with E-state index in [1.165, 1.54) is 11.3 Å². The molecule has 1 aliphatic rings. The Hall–Kier alpha value is -1.23. The monoisotopic (exact) mass is 339 g/mol. The highest BCUT2D eigenvalue weighted by Gasteiger charge is 2.13. The highest BCUT2D eigenvalue weighted by molar-refractivity contribution is 7.19. The number of thiophene rings is 1. The second-order valence-corrected chi connectivity index (χ2v) is 7.25. The van der Waals surface area contributed by atoms with Crippen LogP contribution in [0.15, 0.2) is 30.7 Å². The summed E-state index contributed by atoms with van der Waals surface area (Å²) in [6.45, 7) is 3.68. The topological polar surface area (TPSA) is 19.4 Å². The molecular formula is C15H15Cl2N3S. The van der Waals surface area contributed by atoms with Gasteiger partial charge in [0, 0.05) is 32.2 Å². The quantitative estimate of drug-likeness (QED) is 0.814. The van der Waals surface area contributed by atoms with Crippen molar-refractivity contribution < 1.29 is 0 Å². The van der Waals surface area contributed by atoms with Crippen molar-refractivity contribution in [2.75, 3.05) is 13.7 Å². The van der Waals surface area contributed by atoms with Crippen LogP contribution >= 0.6 is 34.5 Å². The third kappa shape index (κ3) is 3.18. The minimum atomic E-state index is 0.668. The predicted molar refractivity (Wildman–Crippen MR) is 89.6 cm³/mol. The van der Waals surface area contributed by atoms with Gasteiger partial charge in [0.05, 0.1) is 26.6 Å². The van der Waals surface area contributed by atoms with Gasteiger partial charge in [-0.1, -0.05) is 23.2 Å². The Morgan fingerprint density at radius 2 is 2.10 bits per heavy atom. The van der Waals surface area contributed by atoms with Crippen LogP contribution in [-0.2, 0) is 6.54 Å². The zero-order chi connectivity index (χ0) is 15.0. The van der Waals surface area contributed by atoms with E-state index in [9.17, 15) is 0 Å². The first kappa shape index (κ1) is 14.7. The molecule has 0 N–H and O–H groups in total. The van der Waals surface area contributed by atoms with Gasteiger partial charge >= 0.3 is 0 Å². The summed E-state index contributed by atoms with van der Waals surface area (Å²) in [6.07, 6.45) is 6.01. The van der Waals surface area contributed by atoms with E-state index in [0.717, 1.165) is 39.2 Å². The van der Waals surface area contributed by atoms with Gasteiger partial charge in [-0.05, 0) is 30.2 Å². The molecule has 21 heavy (non-hydrogen) atoms. The number of aromatic nitrogens is 1. The lowest BCUT2D eigenvalue weighted by Crippen LogP contribution is -2.21. The lowest BCUT2D eigenvalue weighted by Gasteiger charge is -2.18. The number of hydrogen-bond donors (Lipinski definition) is 0. The molecule has 110 valence electrons. The van der Waals surface area contributed by atoms with Crippen molar-refractivity contribution in [3.63, 3.8) is 0 Å². The summed E-state index contributed by atoms with van der Waals surface area (Å²) in [5, 5.41) is 0.668. The molecule has 6 heteroatoms.